The molecule has 2 heterocycles. The molecule has 1 amide bonds. The Hall–Kier alpha value is -4.13. The van der Waals surface area contributed by atoms with Gasteiger partial charge in [-0.15, -0.1) is 0 Å². The van der Waals surface area contributed by atoms with Gasteiger partial charge >= 0.3 is 0 Å². The van der Waals surface area contributed by atoms with Crippen molar-refractivity contribution in [2.24, 2.45) is 11.8 Å². The van der Waals surface area contributed by atoms with E-state index in [9.17, 15) is 14.7 Å². The van der Waals surface area contributed by atoms with Crippen LogP contribution in [-0.2, 0) is 16.1 Å². The van der Waals surface area contributed by atoms with E-state index in [1.54, 1.807) is 36.7 Å². The number of carbonyl (C=O) groups excluding carboxylic acids is 2. The molecule has 1 atom stereocenters. The van der Waals surface area contributed by atoms with Crippen molar-refractivity contribution in [3.63, 3.8) is 0 Å². The van der Waals surface area contributed by atoms with Crippen LogP contribution in [0.15, 0.2) is 72.6 Å². The lowest BCUT2D eigenvalue weighted by atomic mass is 9.94. The molecule has 0 bridgehead atoms. The zero-order valence-electron chi connectivity index (χ0n) is 23.2. The normalized spacial score (nSPS) is 16.8. The van der Waals surface area contributed by atoms with Gasteiger partial charge in [-0.05, 0) is 71.8 Å². The van der Waals surface area contributed by atoms with Gasteiger partial charge in [-0.2, -0.15) is 0 Å². The number of nitrogens with zero attached hydrogens (tertiary/aromatic N) is 2. The molecule has 1 aliphatic rings. The molecular formula is C32H36N2O5. The molecule has 39 heavy (non-hydrogen) atoms. The van der Waals surface area contributed by atoms with E-state index in [1.165, 1.54) is 4.90 Å². The summed E-state index contributed by atoms with van der Waals surface area (Å²) in [6.07, 6.45) is 3.32. The standard InChI is InChI=1S/C32H36N2O5/c1-20(2)18-38-26-10-6-9-24(15-26)29-28(31(36)32(37)34(29)17-23-8-7-13-33-16-23)30(35)25-11-12-27(22(5)14-25)39-19-21(3)4/h6-16,20-21,29,35H,17-19H2,1-5H3/b30-28+. The Kier molecular flexibility index (Phi) is 8.69. The third kappa shape index (κ3) is 6.48. The van der Waals surface area contributed by atoms with Crippen LogP contribution >= 0.6 is 0 Å². The van der Waals surface area contributed by atoms with Gasteiger partial charge in [0.1, 0.15) is 17.3 Å². The molecule has 1 saturated heterocycles. The van der Waals surface area contributed by atoms with Crippen LogP contribution in [0, 0.1) is 18.8 Å². The van der Waals surface area contributed by atoms with Crippen molar-refractivity contribution in [2.45, 2.75) is 47.2 Å². The van der Waals surface area contributed by atoms with Crippen molar-refractivity contribution in [3.05, 3.63) is 94.8 Å². The summed E-state index contributed by atoms with van der Waals surface area (Å²) >= 11 is 0. The number of Topliss-reactive ketones (excluding diaryl/α,β-unsaturated/α-hetero) is 1. The Morgan fingerprint density at radius 3 is 2.38 bits per heavy atom. The molecule has 1 unspecified atom stereocenters. The lowest BCUT2D eigenvalue weighted by Crippen LogP contribution is -2.29. The fourth-order valence-corrected chi connectivity index (χ4v) is 4.49. The second-order valence-electron chi connectivity index (χ2n) is 10.8. The van der Waals surface area contributed by atoms with Crippen LogP contribution in [-0.4, -0.2) is 39.9 Å². The number of amides is 1. The Morgan fingerprint density at radius 1 is 0.974 bits per heavy atom. The summed E-state index contributed by atoms with van der Waals surface area (Å²) in [5.74, 6) is 0.424. The highest BCUT2D eigenvalue weighted by atomic mass is 16.5. The number of benzene rings is 2. The number of aryl methyl sites for hydroxylation is 1. The molecule has 7 nitrogen and oxygen atoms in total. The van der Waals surface area contributed by atoms with Crippen molar-refractivity contribution < 1.29 is 24.2 Å². The van der Waals surface area contributed by atoms with Crippen LogP contribution in [0.4, 0.5) is 0 Å². The highest BCUT2D eigenvalue weighted by Gasteiger charge is 2.46. The van der Waals surface area contributed by atoms with Crippen LogP contribution in [0.25, 0.3) is 5.76 Å². The molecule has 7 heteroatoms. The van der Waals surface area contributed by atoms with Gasteiger partial charge in [-0.25, -0.2) is 0 Å². The van der Waals surface area contributed by atoms with E-state index >= 15 is 0 Å². The predicted octanol–water partition coefficient (Wildman–Crippen LogP) is 6.08. The summed E-state index contributed by atoms with van der Waals surface area (Å²) in [7, 11) is 0. The van der Waals surface area contributed by atoms with Crippen LogP contribution in [0.3, 0.4) is 0 Å². The van der Waals surface area contributed by atoms with Crippen molar-refractivity contribution in [1.82, 2.24) is 9.88 Å². The summed E-state index contributed by atoms with van der Waals surface area (Å²) in [5.41, 5.74) is 2.76. The number of hydrogen-bond donors (Lipinski definition) is 1. The monoisotopic (exact) mass is 528 g/mol. The molecule has 1 aliphatic heterocycles. The Labute approximate surface area is 230 Å². The van der Waals surface area contributed by atoms with E-state index < -0.39 is 17.7 Å². The molecular weight excluding hydrogens is 492 g/mol. The van der Waals surface area contributed by atoms with Gasteiger partial charge in [0.2, 0.25) is 0 Å². The molecule has 1 aromatic heterocycles. The van der Waals surface area contributed by atoms with Gasteiger partial charge in [0.25, 0.3) is 11.7 Å². The molecule has 3 aromatic rings. The van der Waals surface area contributed by atoms with Gasteiger partial charge in [-0.3, -0.25) is 14.6 Å². The lowest BCUT2D eigenvalue weighted by Gasteiger charge is -2.26. The van der Waals surface area contributed by atoms with Gasteiger partial charge in [0.15, 0.2) is 0 Å². The maximum Gasteiger partial charge on any atom is 0.295 e. The largest absolute Gasteiger partial charge is 0.507 e. The van der Waals surface area contributed by atoms with E-state index in [0.717, 1.165) is 11.1 Å². The van der Waals surface area contributed by atoms with Crippen LogP contribution in [0.1, 0.15) is 56.0 Å². The molecule has 204 valence electrons. The van der Waals surface area contributed by atoms with Crippen LogP contribution < -0.4 is 9.47 Å². The average molecular weight is 529 g/mol. The number of ether oxygens (including phenoxy) is 2. The number of carbonyl (C=O) groups is 2. The number of likely N-dealkylation sites (tertiary alicyclic amines) is 1. The van der Waals surface area contributed by atoms with Gasteiger partial charge < -0.3 is 19.5 Å². The number of aliphatic hydroxyl groups is 1. The van der Waals surface area contributed by atoms with Crippen molar-refractivity contribution in [1.29, 1.82) is 0 Å². The number of pyridine rings is 1. The summed E-state index contributed by atoms with van der Waals surface area (Å²) < 4.78 is 11.8. The van der Waals surface area contributed by atoms with Gasteiger partial charge in [-0.1, -0.05) is 45.9 Å². The van der Waals surface area contributed by atoms with Gasteiger partial charge in [0.05, 0.1) is 24.8 Å². The molecule has 0 aliphatic carbocycles. The predicted molar refractivity (Wildman–Crippen MR) is 150 cm³/mol. The average Bonchev–Trinajstić information content (AvgIpc) is 3.16. The third-order valence-corrected chi connectivity index (χ3v) is 6.39. The minimum absolute atomic E-state index is 0.0418. The van der Waals surface area contributed by atoms with Crippen LogP contribution in [0.2, 0.25) is 0 Å². The van der Waals surface area contributed by atoms with E-state index in [-0.39, 0.29) is 17.9 Å². The van der Waals surface area contributed by atoms with E-state index in [1.807, 2.05) is 37.3 Å². The molecule has 1 fully saturated rings. The number of aromatic nitrogens is 1. The fraction of sp³-hybridized carbons (Fsp3) is 0.344. The Balaban J connectivity index is 1.79. The zero-order valence-corrected chi connectivity index (χ0v) is 23.2. The Bertz CT molecular complexity index is 1360. The molecule has 0 spiro atoms. The summed E-state index contributed by atoms with van der Waals surface area (Å²) in [6.45, 7) is 11.4. The second kappa shape index (κ2) is 12.2. The molecule has 1 N–H and O–H groups in total. The van der Waals surface area contributed by atoms with Crippen molar-refractivity contribution in [3.8, 4) is 11.5 Å². The summed E-state index contributed by atoms with van der Waals surface area (Å²) in [5, 5.41) is 11.5. The fourth-order valence-electron chi connectivity index (χ4n) is 4.49. The second-order valence-corrected chi connectivity index (χ2v) is 10.8. The van der Waals surface area contributed by atoms with Crippen LogP contribution in [0.5, 0.6) is 11.5 Å². The first kappa shape index (κ1) is 27.9. The number of aliphatic hydroxyl groups excluding tert-OH is 1. The topological polar surface area (TPSA) is 89.0 Å². The molecule has 2 aromatic carbocycles. The maximum atomic E-state index is 13.5. The van der Waals surface area contributed by atoms with Crippen molar-refractivity contribution in [2.75, 3.05) is 13.2 Å². The molecule has 0 radical (unpaired) electrons. The first-order valence-electron chi connectivity index (χ1n) is 13.3. The third-order valence-electron chi connectivity index (χ3n) is 6.39. The smallest absolute Gasteiger partial charge is 0.295 e. The first-order valence-corrected chi connectivity index (χ1v) is 13.3. The maximum absolute atomic E-state index is 13.5. The number of ketones is 1. The molecule has 0 saturated carbocycles. The minimum atomic E-state index is -0.801. The summed E-state index contributed by atoms with van der Waals surface area (Å²) in [4.78, 5) is 32.5. The lowest BCUT2D eigenvalue weighted by molar-refractivity contribution is -0.140. The van der Waals surface area contributed by atoms with E-state index in [0.29, 0.717) is 47.7 Å². The zero-order chi connectivity index (χ0) is 28.1. The highest BCUT2D eigenvalue weighted by molar-refractivity contribution is 6.46. The number of hydrogen-bond acceptors (Lipinski definition) is 6. The number of rotatable bonds is 10. The van der Waals surface area contributed by atoms with Gasteiger partial charge in [0, 0.05) is 24.5 Å². The highest BCUT2D eigenvalue weighted by Crippen LogP contribution is 2.41. The summed E-state index contributed by atoms with van der Waals surface area (Å²) in [6, 6.07) is 15.5. The first-order chi connectivity index (χ1) is 18.7. The SMILES string of the molecule is Cc1cc(/C(O)=C2\C(=O)C(=O)N(Cc3cccnc3)C2c2cccc(OCC(C)C)c2)ccc1OCC(C)C. The quantitative estimate of drug-likeness (QED) is 0.195. The van der Waals surface area contributed by atoms with E-state index in [4.69, 9.17) is 9.47 Å². The minimum Gasteiger partial charge on any atom is -0.507 e. The van der Waals surface area contributed by atoms with E-state index in [2.05, 4.69) is 32.7 Å². The Morgan fingerprint density at radius 2 is 1.72 bits per heavy atom. The molecule has 4 rings (SSSR count). The van der Waals surface area contributed by atoms with Crippen molar-refractivity contribution >= 4 is 17.4 Å².